The van der Waals surface area contributed by atoms with E-state index in [1.165, 1.54) is 10.6 Å². The summed E-state index contributed by atoms with van der Waals surface area (Å²) in [4.78, 5) is 6.11. The third kappa shape index (κ3) is 1.96. The highest BCUT2D eigenvalue weighted by Gasteiger charge is 2.52. The van der Waals surface area contributed by atoms with E-state index in [1.807, 2.05) is 29.9 Å². The number of para-hydroxylation sites is 1. The van der Waals surface area contributed by atoms with Gasteiger partial charge in [0.1, 0.15) is 5.03 Å². The lowest BCUT2D eigenvalue weighted by molar-refractivity contribution is -0.179. The molecule has 5 heteroatoms. The smallest absolute Gasteiger partial charge is 0.105 e. The molecule has 0 aliphatic carbocycles. The molecule has 116 valence electrons. The van der Waals surface area contributed by atoms with Crippen LogP contribution in [0.25, 0.3) is 5.69 Å². The van der Waals surface area contributed by atoms with Crippen LogP contribution in [0.1, 0.15) is 31.1 Å². The van der Waals surface area contributed by atoms with Crippen molar-refractivity contribution in [3.63, 3.8) is 0 Å². The molecule has 1 aromatic carbocycles. The number of thioether (sulfide) groups is 1. The third-order valence-electron chi connectivity index (χ3n) is 4.80. The maximum atomic E-state index is 6.11. The van der Waals surface area contributed by atoms with Crippen molar-refractivity contribution in [2.45, 2.75) is 37.4 Å². The second kappa shape index (κ2) is 4.85. The molecule has 0 spiro atoms. The molecule has 1 fully saturated rings. The van der Waals surface area contributed by atoms with Gasteiger partial charge in [0.15, 0.2) is 0 Å². The zero-order chi connectivity index (χ0) is 15.5. The summed E-state index contributed by atoms with van der Waals surface area (Å²) in [5.41, 5.74) is 3.44. The topological polar surface area (TPSA) is 30.3 Å². The lowest BCUT2D eigenvalue weighted by Gasteiger charge is -2.31. The van der Waals surface area contributed by atoms with Crippen LogP contribution < -0.4 is 0 Å². The van der Waals surface area contributed by atoms with E-state index in [4.69, 9.17) is 9.94 Å². The highest BCUT2D eigenvalue weighted by molar-refractivity contribution is 7.99. The fraction of sp³-hybridized carbons (Fsp3) is 0.471. The second-order valence-corrected chi connectivity index (χ2v) is 7.66. The molecule has 2 aromatic rings. The predicted octanol–water partition coefficient (Wildman–Crippen LogP) is 3.60. The molecule has 2 aliphatic heterocycles. The van der Waals surface area contributed by atoms with Crippen molar-refractivity contribution < 1.29 is 4.84 Å². The molecule has 4 nitrogen and oxygen atoms in total. The third-order valence-corrected chi connectivity index (χ3v) is 6.00. The molecule has 1 aromatic heterocycles. The Balaban J connectivity index is 1.85. The van der Waals surface area contributed by atoms with Crippen LogP contribution in [0.15, 0.2) is 35.4 Å². The van der Waals surface area contributed by atoms with Crippen molar-refractivity contribution in [3.05, 3.63) is 41.6 Å². The first kappa shape index (κ1) is 14.3. The van der Waals surface area contributed by atoms with Crippen LogP contribution in [0.5, 0.6) is 0 Å². The summed E-state index contributed by atoms with van der Waals surface area (Å²) >= 11 is 1.91. The van der Waals surface area contributed by atoms with E-state index >= 15 is 0 Å². The Hall–Kier alpha value is -1.30. The number of hydrogen-bond acceptors (Lipinski definition) is 4. The molecule has 0 unspecified atom stereocenters. The van der Waals surface area contributed by atoms with Crippen molar-refractivity contribution in [2.24, 2.45) is 5.92 Å². The Morgan fingerprint density at radius 2 is 2.00 bits per heavy atom. The Morgan fingerprint density at radius 3 is 2.73 bits per heavy atom. The van der Waals surface area contributed by atoms with E-state index in [0.29, 0.717) is 12.0 Å². The quantitative estimate of drug-likeness (QED) is 0.804. The maximum Gasteiger partial charge on any atom is 0.105 e. The molecule has 0 N–H and O–H groups in total. The molecule has 4 rings (SSSR count). The summed E-state index contributed by atoms with van der Waals surface area (Å²) in [7, 11) is 2.05. The fourth-order valence-corrected chi connectivity index (χ4v) is 5.33. The van der Waals surface area contributed by atoms with Crippen molar-refractivity contribution in [3.8, 4) is 5.69 Å². The van der Waals surface area contributed by atoms with Gasteiger partial charge in [0, 0.05) is 24.3 Å². The second-order valence-electron chi connectivity index (χ2n) is 6.65. The van der Waals surface area contributed by atoms with Crippen LogP contribution in [0.4, 0.5) is 0 Å². The van der Waals surface area contributed by atoms with Gasteiger partial charge in [-0.1, -0.05) is 18.2 Å². The van der Waals surface area contributed by atoms with Crippen LogP contribution in [-0.2, 0) is 4.84 Å². The van der Waals surface area contributed by atoms with Crippen molar-refractivity contribution in [1.82, 2.24) is 14.8 Å². The van der Waals surface area contributed by atoms with Gasteiger partial charge >= 0.3 is 0 Å². The van der Waals surface area contributed by atoms with Crippen LogP contribution in [0.2, 0.25) is 0 Å². The van der Waals surface area contributed by atoms with Crippen molar-refractivity contribution >= 4 is 11.8 Å². The summed E-state index contributed by atoms with van der Waals surface area (Å²) in [6, 6.07) is 10.7. The zero-order valence-electron chi connectivity index (χ0n) is 13.4. The van der Waals surface area contributed by atoms with Gasteiger partial charge < -0.3 is 0 Å². The average Bonchev–Trinajstić information content (AvgIpc) is 2.95. The van der Waals surface area contributed by atoms with Crippen molar-refractivity contribution in [2.75, 3.05) is 12.8 Å². The largest absolute Gasteiger partial charge is 0.292 e. The molecule has 0 amide bonds. The minimum absolute atomic E-state index is 0.120. The van der Waals surface area contributed by atoms with Crippen molar-refractivity contribution in [1.29, 1.82) is 0 Å². The monoisotopic (exact) mass is 315 g/mol. The van der Waals surface area contributed by atoms with Crippen LogP contribution >= 0.6 is 11.8 Å². The number of benzene rings is 1. The summed E-state index contributed by atoms with van der Waals surface area (Å²) in [5.74, 6) is 1.55. The number of aryl methyl sites for hydroxylation is 1. The van der Waals surface area contributed by atoms with E-state index in [-0.39, 0.29) is 5.60 Å². The Labute approximate surface area is 135 Å². The first-order valence-electron chi connectivity index (χ1n) is 7.69. The van der Waals surface area contributed by atoms with E-state index < -0.39 is 0 Å². The molecule has 0 bridgehead atoms. The fourth-order valence-electron chi connectivity index (χ4n) is 3.71. The molecule has 0 saturated carbocycles. The predicted molar refractivity (Wildman–Crippen MR) is 88.2 cm³/mol. The summed E-state index contributed by atoms with van der Waals surface area (Å²) in [6.07, 6.45) is 0. The highest BCUT2D eigenvalue weighted by Crippen LogP contribution is 2.53. The van der Waals surface area contributed by atoms with E-state index in [0.717, 1.165) is 17.1 Å². The van der Waals surface area contributed by atoms with Gasteiger partial charge in [-0.3, -0.25) is 4.84 Å². The van der Waals surface area contributed by atoms with Crippen LogP contribution in [0, 0.1) is 12.8 Å². The number of nitrogens with zero attached hydrogens (tertiary/aromatic N) is 3. The number of hydroxylamine groups is 2. The van der Waals surface area contributed by atoms with E-state index in [1.54, 1.807) is 0 Å². The summed E-state index contributed by atoms with van der Waals surface area (Å²) in [5, 5.41) is 8.12. The normalized spacial score (nSPS) is 26.7. The van der Waals surface area contributed by atoms with Gasteiger partial charge in [-0.05, 0) is 32.9 Å². The van der Waals surface area contributed by atoms with Gasteiger partial charge in [0.05, 0.1) is 23.0 Å². The van der Waals surface area contributed by atoms with E-state index in [9.17, 15) is 0 Å². The minimum atomic E-state index is -0.120. The Kier molecular flexibility index (Phi) is 3.15. The minimum Gasteiger partial charge on any atom is -0.292 e. The molecule has 1 saturated heterocycles. The molecule has 2 aliphatic rings. The molecule has 3 heterocycles. The standard InChI is InChI=1S/C17H21N3OS/c1-11-14-15-13(17(2,3)21-19(15)4)10-22-16(14)20(18-11)12-8-6-5-7-9-12/h5-9,13,15H,10H2,1-4H3/t13-,15+/m0/s1. The SMILES string of the molecule is Cc1nn(-c2ccccc2)c2c1[C@H]1[C@H](CS2)C(C)(C)ON1C. The van der Waals surface area contributed by atoms with Gasteiger partial charge in [-0.2, -0.15) is 10.2 Å². The Bertz CT molecular complexity index is 710. The first-order chi connectivity index (χ1) is 10.5. The van der Waals surface area contributed by atoms with Crippen LogP contribution in [0.3, 0.4) is 0 Å². The van der Waals surface area contributed by atoms with Crippen LogP contribution in [-0.4, -0.2) is 33.2 Å². The number of fused-ring (bicyclic) bond motifs is 3. The molecular weight excluding hydrogens is 294 g/mol. The first-order valence-corrected chi connectivity index (χ1v) is 8.67. The molecule has 2 atom stereocenters. The molecular formula is C17H21N3OS. The number of hydrogen-bond donors (Lipinski definition) is 0. The molecule has 22 heavy (non-hydrogen) atoms. The number of rotatable bonds is 1. The van der Waals surface area contributed by atoms with Gasteiger partial charge in [0.25, 0.3) is 0 Å². The van der Waals surface area contributed by atoms with Gasteiger partial charge in [0.2, 0.25) is 0 Å². The van der Waals surface area contributed by atoms with E-state index in [2.05, 4.69) is 49.7 Å². The average molecular weight is 315 g/mol. The zero-order valence-corrected chi connectivity index (χ0v) is 14.2. The number of aromatic nitrogens is 2. The lowest BCUT2D eigenvalue weighted by Crippen LogP contribution is -2.33. The maximum absolute atomic E-state index is 6.11. The van der Waals surface area contributed by atoms with Gasteiger partial charge in [-0.15, -0.1) is 11.8 Å². The van der Waals surface area contributed by atoms with Gasteiger partial charge in [-0.25, -0.2) is 4.68 Å². The summed E-state index contributed by atoms with van der Waals surface area (Å²) in [6.45, 7) is 6.49. The highest BCUT2D eigenvalue weighted by atomic mass is 32.2. The lowest BCUT2D eigenvalue weighted by atomic mass is 9.84. The summed E-state index contributed by atoms with van der Waals surface area (Å²) < 4.78 is 2.09. The Morgan fingerprint density at radius 1 is 1.27 bits per heavy atom. The molecule has 0 radical (unpaired) electrons.